The van der Waals surface area contributed by atoms with Crippen LogP contribution in [0.3, 0.4) is 0 Å². The molecule has 1 aliphatic heterocycles. The lowest BCUT2D eigenvalue weighted by Crippen LogP contribution is -2.42. The highest BCUT2D eigenvalue weighted by Crippen LogP contribution is 2.41. The Kier molecular flexibility index (Phi) is 7.08. The van der Waals surface area contributed by atoms with Gasteiger partial charge in [0.15, 0.2) is 0 Å². The Bertz CT molecular complexity index is 773. The normalized spacial score (nSPS) is 17.5. The number of hydrogen-bond acceptors (Lipinski definition) is 2. The van der Waals surface area contributed by atoms with E-state index in [4.69, 9.17) is 11.6 Å². The molecule has 27 heavy (non-hydrogen) atoms. The Morgan fingerprint density at radius 3 is 2.44 bits per heavy atom. The molecule has 2 aromatic rings. The van der Waals surface area contributed by atoms with E-state index in [1.54, 1.807) is 11.8 Å². The molecule has 2 aromatic carbocycles. The summed E-state index contributed by atoms with van der Waals surface area (Å²) in [5.74, 6) is 0. The van der Waals surface area contributed by atoms with Crippen molar-refractivity contribution in [2.24, 2.45) is 0 Å². The molecule has 0 aromatic heterocycles. The van der Waals surface area contributed by atoms with Gasteiger partial charge in [0.05, 0.1) is 0 Å². The maximum atomic E-state index is 6.31. The number of halogens is 1. The highest BCUT2D eigenvalue weighted by molar-refractivity contribution is 7.98. The van der Waals surface area contributed by atoms with E-state index in [-0.39, 0.29) is 5.41 Å². The number of piperidine rings is 1. The first-order chi connectivity index (χ1) is 13.1. The van der Waals surface area contributed by atoms with Gasteiger partial charge in [-0.05, 0) is 91.9 Å². The van der Waals surface area contributed by atoms with Gasteiger partial charge in [-0.25, -0.2) is 0 Å². The van der Waals surface area contributed by atoms with Gasteiger partial charge in [-0.1, -0.05) is 48.9 Å². The van der Waals surface area contributed by atoms with Crippen molar-refractivity contribution in [2.45, 2.75) is 43.4 Å². The molecule has 1 aliphatic rings. The second-order valence-electron chi connectivity index (χ2n) is 7.57. The summed E-state index contributed by atoms with van der Waals surface area (Å²) < 4.78 is 0. The van der Waals surface area contributed by atoms with Crippen LogP contribution in [0.25, 0.3) is 6.08 Å². The molecule has 0 bridgehead atoms. The molecular weight excluding hydrogens is 370 g/mol. The molecule has 0 unspecified atom stereocenters. The van der Waals surface area contributed by atoms with Crippen LogP contribution < -0.4 is 0 Å². The maximum Gasteiger partial charge on any atom is 0.0409 e. The highest BCUT2D eigenvalue weighted by atomic mass is 35.5. The third-order valence-electron chi connectivity index (χ3n) is 6.05. The van der Waals surface area contributed by atoms with E-state index in [1.807, 2.05) is 6.07 Å². The fraction of sp³-hybridized carbons (Fsp3) is 0.417. The molecule has 3 heteroatoms. The second-order valence-corrected chi connectivity index (χ2v) is 8.89. The first-order valence-electron chi connectivity index (χ1n) is 9.86. The molecule has 0 aliphatic carbocycles. The van der Waals surface area contributed by atoms with E-state index in [9.17, 15) is 0 Å². The second kappa shape index (κ2) is 9.32. The van der Waals surface area contributed by atoms with Crippen molar-refractivity contribution in [3.63, 3.8) is 0 Å². The van der Waals surface area contributed by atoms with Gasteiger partial charge in [0.25, 0.3) is 0 Å². The summed E-state index contributed by atoms with van der Waals surface area (Å²) in [7, 11) is 0. The zero-order valence-corrected chi connectivity index (χ0v) is 18.2. The van der Waals surface area contributed by atoms with Crippen LogP contribution in [0, 0.1) is 6.92 Å². The Hall–Kier alpha value is -1.22. The fourth-order valence-corrected chi connectivity index (χ4v) is 4.78. The lowest BCUT2D eigenvalue weighted by molar-refractivity contribution is 0.167. The molecule has 0 amide bonds. The van der Waals surface area contributed by atoms with E-state index in [0.717, 1.165) is 24.7 Å². The molecule has 144 valence electrons. The number of benzene rings is 2. The Balaban J connectivity index is 1.60. The number of likely N-dealkylation sites (tertiary alicyclic amines) is 1. The van der Waals surface area contributed by atoms with Crippen molar-refractivity contribution >= 4 is 29.4 Å². The van der Waals surface area contributed by atoms with Crippen LogP contribution >= 0.6 is 23.4 Å². The quantitative estimate of drug-likeness (QED) is 0.490. The number of aryl methyl sites for hydroxylation is 1. The predicted octanol–water partition coefficient (Wildman–Crippen LogP) is 6.83. The molecule has 0 radical (unpaired) electrons. The molecule has 0 spiro atoms. The van der Waals surface area contributed by atoms with Crippen LogP contribution in [0.1, 0.15) is 42.9 Å². The summed E-state index contributed by atoms with van der Waals surface area (Å²) in [6, 6.07) is 15.2. The minimum absolute atomic E-state index is 0.281. The van der Waals surface area contributed by atoms with Crippen molar-refractivity contribution in [3.05, 3.63) is 70.3 Å². The SMILES string of the molecule is CCC1(c2cc(Cl)ccc2C)CCN(C/C=C\c2ccc(SC)cc2)CC1. The van der Waals surface area contributed by atoms with Crippen molar-refractivity contribution in [1.82, 2.24) is 4.90 Å². The molecule has 1 fully saturated rings. The molecule has 1 nitrogen and oxygen atoms in total. The van der Waals surface area contributed by atoms with Gasteiger partial charge in [-0.2, -0.15) is 0 Å². The number of nitrogens with zero attached hydrogens (tertiary/aromatic N) is 1. The summed E-state index contributed by atoms with van der Waals surface area (Å²) >= 11 is 8.09. The first-order valence-corrected chi connectivity index (χ1v) is 11.5. The van der Waals surface area contributed by atoms with Gasteiger partial charge in [0, 0.05) is 16.5 Å². The molecule has 1 saturated heterocycles. The lowest BCUT2D eigenvalue weighted by Gasteiger charge is -2.42. The summed E-state index contributed by atoms with van der Waals surface area (Å²) in [5.41, 5.74) is 4.40. The van der Waals surface area contributed by atoms with Crippen LogP contribution in [0.4, 0.5) is 0 Å². The smallest absolute Gasteiger partial charge is 0.0409 e. The summed E-state index contributed by atoms with van der Waals surface area (Å²) in [5, 5.41) is 0.862. The average molecular weight is 400 g/mol. The number of hydrogen-bond donors (Lipinski definition) is 0. The summed E-state index contributed by atoms with van der Waals surface area (Å²) in [6.45, 7) is 7.87. The highest BCUT2D eigenvalue weighted by Gasteiger charge is 2.35. The Labute approximate surface area is 173 Å². The predicted molar refractivity (Wildman–Crippen MR) is 121 cm³/mol. The molecule has 0 saturated carbocycles. The van der Waals surface area contributed by atoms with E-state index in [0.29, 0.717) is 0 Å². The van der Waals surface area contributed by atoms with Gasteiger partial charge in [-0.15, -0.1) is 11.8 Å². The molecule has 1 heterocycles. The van der Waals surface area contributed by atoms with Crippen molar-refractivity contribution < 1.29 is 0 Å². The minimum atomic E-state index is 0.281. The Morgan fingerprint density at radius 1 is 1.11 bits per heavy atom. The van der Waals surface area contributed by atoms with Crippen molar-refractivity contribution in [2.75, 3.05) is 25.9 Å². The Morgan fingerprint density at radius 2 is 1.81 bits per heavy atom. The zero-order valence-electron chi connectivity index (χ0n) is 16.7. The minimum Gasteiger partial charge on any atom is -0.300 e. The third kappa shape index (κ3) is 4.99. The van der Waals surface area contributed by atoms with Crippen molar-refractivity contribution in [3.8, 4) is 0 Å². The maximum absolute atomic E-state index is 6.31. The topological polar surface area (TPSA) is 3.24 Å². The van der Waals surface area contributed by atoms with E-state index >= 15 is 0 Å². The van der Waals surface area contributed by atoms with Gasteiger partial charge < -0.3 is 0 Å². The first kappa shape index (κ1) is 20.5. The molecule has 0 N–H and O–H groups in total. The standard InChI is InChI=1S/C24H30ClNS/c1-4-24(23-18-21(25)10-7-19(23)2)13-16-26(17-14-24)15-5-6-20-8-11-22(27-3)12-9-20/h5-12,18H,4,13-17H2,1-3H3/b6-5-. The van der Waals surface area contributed by atoms with Crippen LogP contribution in [0.15, 0.2) is 53.4 Å². The van der Waals surface area contributed by atoms with Crippen LogP contribution in [0.2, 0.25) is 5.02 Å². The number of thioether (sulfide) groups is 1. The van der Waals surface area contributed by atoms with Gasteiger partial charge in [0.1, 0.15) is 0 Å². The average Bonchev–Trinajstić information content (AvgIpc) is 2.71. The largest absolute Gasteiger partial charge is 0.300 e. The zero-order chi connectivity index (χ0) is 19.3. The third-order valence-corrected chi connectivity index (χ3v) is 7.03. The summed E-state index contributed by atoms with van der Waals surface area (Å²) in [4.78, 5) is 3.89. The van der Waals surface area contributed by atoms with E-state index < -0.39 is 0 Å². The van der Waals surface area contributed by atoms with Gasteiger partial charge >= 0.3 is 0 Å². The molecule has 3 rings (SSSR count). The molecule has 0 atom stereocenters. The fourth-order valence-electron chi connectivity index (χ4n) is 4.20. The number of rotatable bonds is 6. The van der Waals surface area contributed by atoms with Crippen LogP contribution in [-0.2, 0) is 5.41 Å². The summed E-state index contributed by atoms with van der Waals surface area (Å²) in [6.07, 6.45) is 10.3. The van der Waals surface area contributed by atoms with E-state index in [1.165, 1.54) is 40.8 Å². The van der Waals surface area contributed by atoms with Crippen LogP contribution in [0.5, 0.6) is 0 Å². The van der Waals surface area contributed by atoms with Crippen molar-refractivity contribution in [1.29, 1.82) is 0 Å². The van der Waals surface area contributed by atoms with Gasteiger partial charge in [-0.3, -0.25) is 4.90 Å². The van der Waals surface area contributed by atoms with Gasteiger partial charge in [0.2, 0.25) is 0 Å². The van der Waals surface area contributed by atoms with Crippen LogP contribution in [-0.4, -0.2) is 30.8 Å². The lowest BCUT2D eigenvalue weighted by atomic mass is 9.69. The van der Waals surface area contributed by atoms with E-state index in [2.05, 4.69) is 73.6 Å². The molecular formula is C24H30ClNS. The monoisotopic (exact) mass is 399 g/mol.